The van der Waals surface area contributed by atoms with Gasteiger partial charge in [-0.1, -0.05) is 0 Å². The largest absolute Gasteiger partial charge is 0.442 e. The van der Waals surface area contributed by atoms with E-state index in [1.165, 1.54) is 6.33 Å². The minimum atomic E-state index is -0.173. The van der Waals surface area contributed by atoms with Gasteiger partial charge >= 0.3 is 0 Å². The number of carbonyl (C=O) groups excluding carboxylic acids is 1. The molecule has 0 radical (unpaired) electrons. The van der Waals surface area contributed by atoms with Gasteiger partial charge in [0.1, 0.15) is 17.9 Å². The summed E-state index contributed by atoms with van der Waals surface area (Å²) in [6.45, 7) is 9.03. The van der Waals surface area contributed by atoms with Gasteiger partial charge in [-0.05, 0) is 26.7 Å². The van der Waals surface area contributed by atoms with Crippen molar-refractivity contribution in [2.45, 2.75) is 38.8 Å². The molecule has 0 aromatic carbocycles. The topological polar surface area (TPSA) is 102 Å². The van der Waals surface area contributed by atoms with Crippen molar-refractivity contribution in [3.8, 4) is 0 Å². The Hall–Kier alpha value is -2.98. The Bertz CT molecular complexity index is 1130. The van der Waals surface area contributed by atoms with E-state index in [2.05, 4.69) is 32.2 Å². The number of aromatic nitrogens is 4. The first-order chi connectivity index (χ1) is 15.4. The second kappa shape index (κ2) is 8.18. The van der Waals surface area contributed by atoms with Gasteiger partial charge in [0.25, 0.3) is 5.91 Å². The molecule has 3 aromatic heterocycles. The van der Waals surface area contributed by atoms with Crippen LogP contribution in [0.5, 0.6) is 0 Å². The first-order valence-corrected chi connectivity index (χ1v) is 11.1. The van der Waals surface area contributed by atoms with Crippen molar-refractivity contribution in [2.24, 2.45) is 0 Å². The fraction of sp³-hybridized carbons (Fsp3) is 0.545. The average molecular weight is 440 g/mol. The Kier molecular flexibility index (Phi) is 5.34. The molecule has 5 rings (SSSR count). The van der Waals surface area contributed by atoms with Crippen LogP contribution in [0.3, 0.4) is 0 Å². The molecule has 0 bridgehead atoms. The lowest BCUT2D eigenvalue weighted by molar-refractivity contribution is 0.0360. The first-order valence-electron chi connectivity index (χ1n) is 11.1. The highest BCUT2D eigenvalue weighted by atomic mass is 16.5. The zero-order valence-electron chi connectivity index (χ0n) is 18.8. The number of hydrogen-bond acceptors (Lipinski definition) is 8. The van der Waals surface area contributed by atoms with Crippen LogP contribution in [0.4, 0.5) is 11.5 Å². The summed E-state index contributed by atoms with van der Waals surface area (Å²) in [6, 6.07) is 0. The van der Waals surface area contributed by atoms with Gasteiger partial charge in [0.15, 0.2) is 0 Å². The van der Waals surface area contributed by atoms with Crippen molar-refractivity contribution >= 4 is 28.5 Å². The maximum absolute atomic E-state index is 13.5. The first kappa shape index (κ1) is 20.9. The lowest BCUT2D eigenvalue weighted by Crippen LogP contribution is -2.38. The SMILES string of the molecule is Cc1oc2ncnc(NC3(C)CC3)c2c1C(=O)N(C)c1cnn(CCN2CCOCC2)c1. The van der Waals surface area contributed by atoms with E-state index in [-0.39, 0.29) is 11.4 Å². The maximum Gasteiger partial charge on any atom is 0.262 e. The Morgan fingerprint density at radius 3 is 2.78 bits per heavy atom. The summed E-state index contributed by atoms with van der Waals surface area (Å²) in [6.07, 6.45) is 7.23. The fourth-order valence-electron chi connectivity index (χ4n) is 4.00. The van der Waals surface area contributed by atoms with Crippen LogP contribution in [0.25, 0.3) is 11.1 Å². The molecule has 1 aliphatic carbocycles. The number of carbonyl (C=O) groups is 1. The van der Waals surface area contributed by atoms with Gasteiger partial charge in [-0.2, -0.15) is 5.10 Å². The molecule has 0 spiro atoms. The van der Waals surface area contributed by atoms with Gasteiger partial charge in [0.05, 0.1) is 42.6 Å². The van der Waals surface area contributed by atoms with Gasteiger partial charge in [-0.15, -0.1) is 0 Å². The molecule has 2 aliphatic rings. The zero-order chi connectivity index (χ0) is 22.3. The molecule has 0 atom stereocenters. The second-order valence-corrected chi connectivity index (χ2v) is 8.90. The average Bonchev–Trinajstić information content (AvgIpc) is 3.20. The number of nitrogens with one attached hydrogen (secondary N) is 1. The van der Waals surface area contributed by atoms with Crippen LogP contribution in [0.1, 0.15) is 35.9 Å². The number of furan rings is 1. The number of nitrogens with zero attached hydrogens (tertiary/aromatic N) is 6. The molecule has 1 saturated heterocycles. The lowest BCUT2D eigenvalue weighted by Gasteiger charge is -2.26. The molecule has 0 unspecified atom stereocenters. The van der Waals surface area contributed by atoms with Crippen LogP contribution in [-0.2, 0) is 11.3 Å². The van der Waals surface area contributed by atoms with E-state index in [4.69, 9.17) is 9.15 Å². The predicted molar refractivity (Wildman–Crippen MR) is 120 cm³/mol. The molecule has 4 heterocycles. The number of fused-ring (bicyclic) bond motifs is 1. The Balaban J connectivity index is 1.36. The van der Waals surface area contributed by atoms with E-state index in [1.54, 1.807) is 25.1 Å². The number of anilines is 2. The van der Waals surface area contributed by atoms with E-state index in [9.17, 15) is 4.79 Å². The molecular weight excluding hydrogens is 410 g/mol. The van der Waals surface area contributed by atoms with Crippen LogP contribution in [0, 0.1) is 6.92 Å². The van der Waals surface area contributed by atoms with E-state index < -0.39 is 0 Å². The number of hydrogen-bond donors (Lipinski definition) is 1. The number of amides is 1. The number of morpholine rings is 1. The fourth-order valence-corrected chi connectivity index (χ4v) is 4.00. The smallest absolute Gasteiger partial charge is 0.262 e. The molecule has 1 amide bonds. The molecule has 10 heteroatoms. The molecule has 1 N–H and O–H groups in total. The molecule has 10 nitrogen and oxygen atoms in total. The molecular formula is C22H29N7O3. The molecule has 2 fully saturated rings. The number of ether oxygens (including phenoxy) is 1. The third-order valence-electron chi connectivity index (χ3n) is 6.36. The standard InChI is InChI=1S/C22H29N7O3/c1-15-17(18-19(26-22(2)4-5-22)23-14-24-20(18)32-15)21(30)27(3)16-12-25-29(13-16)7-6-28-8-10-31-11-9-28/h12-14H,4-11H2,1-3H3,(H,23,24,26). The number of aryl methyl sites for hydroxylation is 1. The predicted octanol–water partition coefficient (Wildman–Crippen LogP) is 2.30. The maximum atomic E-state index is 13.5. The van der Waals surface area contributed by atoms with E-state index in [0.29, 0.717) is 28.2 Å². The summed E-state index contributed by atoms with van der Waals surface area (Å²) < 4.78 is 13.1. The van der Waals surface area contributed by atoms with E-state index >= 15 is 0 Å². The van der Waals surface area contributed by atoms with Crippen LogP contribution in [-0.4, -0.2) is 76.0 Å². The van der Waals surface area contributed by atoms with Gasteiger partial charge in [0, 0.05) is 38.4 Å². The highest BCUT2D eigenvalue weighted by Gasteiger charge is 2.38. The van der Waals surface area contributed by atoms with Crippen molar-refractivity contribution in [2.75, 3.05) is 50.1 Å². The summed E-state index contributed by atoms with van der Waals surface area (Å²) >= 11 is 0. The summed E-state index contributed by atoms with van der Waals surface area (Å²) in [5, 5.41) is 8.55. The lowest BCUT2D eigenvalue weighted by atomic mass is 10.1. The summed E-state index contributed by atoms with van der Waals surface area (Å²) in [5.74, 6) is 0.999. The van der Waals surface area contributed by atoms with Crippen molar-refractivity contribution in [3.05, 3.63) is 30.0 Å². The third kappa shape index (κ3) is 4.07. The Morgan fingerprint density at radius 2 is 2.03 bits per heavy atom. The van der Waals surface area contributed by atoms with Gasteiger partial charge in [0.2, 0.25) is 5.71 Å². The van der Waals surface area contributed by atoms with Crippen molar-refractivity contribution in [1.29, 1.82) is 0 Å². The Morgan fingerprint density at radius 1 is 1.25 bits per heavy atom. The van der Waals surface area contributed by atoms with Crippen LogP contribution in [0.15, 0.2) is 23.1 Å². The van der Waals surface area contributed by atoms with Gasteiger partial charge in [-0.25, -0.2) is 9.97 Å². The number of rotatable bonds is 7. The highest BCUT2D eigenvalue weighted by Crippen LogP contribution is 2.40. The molecule has 32 heavy (non-hydrogen) atoms. The van der Waals surface area contributed by atoms with Gasteiger partial charge < -0.3 is 19.4 Å². The second-order valence-electron chi connectivity index (χ2n) is 8.90. The quantitative estimate of drug-likeness (QED) is 0.598. The van der Waals surface area contributed by atoms with Gasteiger partial charge in [-0.3, -0.25) is 14.4 Å². The van der Waals surface area contributed by atoms with Crippen LogP contribution >= 0.6 is 0 Å². The van der Waals surface area contributed by atoms with Crippen molar-refractivity contribution < 1.29 is 13.9 Å². The summed E-state index contributed by atoms with van der Waals surface area (Å²) in [7, 11) is 1.75. The zero-order valence-corrected chi connectivity index (χ0v) is 18.8. The normalized spacial score (nSPS) is 18.1. The molecule has 3 aromatic rings. The summed E-state index contributed by atoms with van der Waals surface area (Å²) in [5.41, 5.74) is 1.64. The monoisotopic (exact) mass is 439 g/mol. The van der Waals surface area contributed by atoms with Crippen molar-refractivity contribution in [3.63, 3.8) is 0 Å². The van der Waals surface area contributed by atoms with Crippen molar-refractivity contribution in [1.82, 2.24) is 24.6 Å². The molecule has 1 saturated carbocycles. The minimum Gasteiger partial charge on any atom is -0.442 e. The summed E-state index contributed by atoms with van der Waals surface area (Å²) in [4.78, 5) is 26.1. The third-order valence-corrected chi connectivity index (χ3v) is 6.36. The van der Waals surface area contributed by atoms with E-state index in [1.807, 2.05) is 10.9 Å². The Labute approximate surface area is 186 Å². The molecule has 1 aliphatic heterocycles. The molecule has 170 valence electrons. The highest BCUT2D eigenvalue weighted by molar-refractivity contribution is 6.16. The van der Waals surface area contributed by atoms with Crippen LogP contribution < -0.4 is 10.2 Å². The van der Waals surface area contributed by atoms with E-state index in [0.717, 1.165) is 57.9 Å². The van der Waals surface area contributed by atoms with Crippen LogP contribution in [0.2, 0.25) is 0 Å². The minimum absolute atomic E-state index is 0.0142.